The van der Waals surface area contributed by atoms with Crippen molar-refractivity contribution in [2.45, 2.75) is 96.8 Å². The molecule has 1 saturated heterocycles. The van der Waals surface area contributed by atoms with Crippen LogP contribution in [0.1, 0.15) is 48.5 Å². The second-order valence-corrected chi connectivity index (χ2v) is 14.2. The van der Waals surface area contributed by atoms with Crippen LogP contribution in [0.4, 0.5) is 0 Å². The van der Waals surface area contributed by atoms with Crippen LogP contribution in [0.3, 0.4) is 0 Å². The molecule has 1 aliphatic heterocycles. The smallest absolute Gasteiger partial charge is 0.192 e. The van der Waals surface area contributed by atoms with Gasteiger partial charge in [-0.15, -0.1) is 0 Å². The van der Waals surface area contributed by atoms with E-state index in [9.17, 15) is 5.11 Å². The number of methoxy groups -OCH3 is 1. The first-order chi connectivity index (χ1) is 11.7. The molecular formula is C20H40O5Si. The van der Waals surface area contributed by atoms with E-state index in [1.165, 1.54) is 0 Å². The van der Waals surface area contributed by atoms with Gasteiger partial charge in [0.1, 0.15) is 24.4 Å². The lowest BCUT2D eigenvalue weighted by molar-refractivity contribution is -0.164. The van der Waals surface area contributed by atoms with Crippen LogP contribution in [0.2, 0.25) is 18.1 Å². The molecule has 0 bridgehead atoms. The molecule has 1 heterocycles. The Morgan fingerprint density at radius 2 is 1.77 bits per heavy atom. The summed E-state index contributed by atoms with van der Waals surface area (Å²) in [5.74, 6) is -0.293. The molecule has 4 atom stereocenters. The highest BCUT2D eigenvalue weighted by Gasteiger charge is 2.50. The highest BCUT2D eigenvalue weighted by Crippen LogP contribution is 2.41. The maximum atomic E-state index is 9.89. The molecule has 154 valence electrons. The van der Waals surface area contributed by atoms with Crippen LogP contribution in [0.15, 0.2) is 12.2 Å². The third-order valence-electron chi connectivity index (χ3n) is 5.26. The monoisotopic (exact) mass is 388 g/mol. The first kappa shape index (κ1) is 23.8. The van der Waals surface area contributed by atoms with Gasteiger partial charge in [0, 0.05) is 7.11 Å². The first-order valence-electron chi connectivity index (χ1n) is 9.59. The van der Waals surface area contributed by atoms with Gasteiger partial charge in [-0.3, -0.25) is 0 Å². The van der Waals surface area contributed by atoms with Crippen LogP contribution in [0.5, 0.6) is 0 Å². The zero-order valence-electron chi connectivity index (χ0n) is 18.3. The van der Waals surface area contributed by atoms with Crippen LogP contribution in [-0.4, -0.2) is 57.3 Å². The first-order valence-corrected chi connectivity index (χ1v) is 12.5. The van der Waals surface area contributed by atoms with E-state index < -0.39 is 26.3 Å². The topological polar surface area (TPSA) is 57.2 Å². The van der Waals surface area contributed by atoms with Gasteiger partial charge in [-0.2, -0.15) is 0 Å². The molecule has 0 aromatic rings. The summed E-state index contributed by atoms with van der Waals surface area (Å²) >= 11 is 0. The van der Waals surface area contributed by atoms with Gasteiger partial charge in [0.25, 0.3) is 0 Å². The summed E-state index contributed by atoms with van der Waals surface area (Å²) in [6.45, 7) is 18.9. The summed E-state index contributed by atoms with van der Waals surface area (Å²) in [4.78, 5) is 0. The summed E-state index contributed by atoms with van der Waals surface area (Å²) in [5, 5.41) is 9.93. The Hall–Kier alpha value is -0.243. The molecule has 0 spiro atoms. The number of hydrogen-bond acceptors (Lipinski definition) is 5. The summed E-state index contributed by atoms with van der Waals surface area (Å²) in [7, 11) is -0.502. The standard InChI is InChI=1S/C20H40O5Si/c1-14(2)11-12-15-17(24-20(6,7)23-15)18(16(13-21)22-8)25-26(9,10)19(3,4)5/h11-12,14-18,21H,13H2,1-10H3/b12-11+/t15-,16-,17+,18+/m1/s1. The predicted molar refractivity (Wildman–Crippen MR) is 108 cm³/mol. The average Bonchev–Trinajstić information content (AvgIpc) is 2.79. The molecule has 6 heteroatoms. The molecule has 0 amide bonds. The summed E-state index contributed by atoms with van der Waals surface area (Å²) in [6, 6.07) is 0. The van der Waals surface area contributed by atoms with Crippen molar-refractivity contribution < 1.29 is 23.7 Å². The van der Waals surface area contributed by atoms with Gasteiger partial charge in [-0.05, 0) is 37.9 Å². The van der Waals surface area contributed by atoms with Crippen molar-refractivity contribution in [1.82, 2.24) is 0 Å². The van der Waals surface area contributed by atoms with E-state index in [4.69, 9.17) is 18.6 Å². The maximum Gasteiger partial charge on any atom is 0.192 e. The minimum Gasteiger partial charge on any atom is -0.408 e. The summed E-state index contributed by atoms with van der Waals surface area (Å²) in [5.41, 5.74) is 0. The molecule has 1 rings (SSSR count). The second kappa shape index (κ2) is 8.84. The summed E-state index contributed by atoms with van der Waals surface area (Å²) < 4.78 is 24.6. The predicted octanol–water partition coefficient (Wildman–Crippen LogP) is 4.12. The number of allylic oxidation sites excluding steroid dienone is 1. The van der Waals surface area contributed by atoms with Crippen molar-refractivity contribution in [2.24, 2.45) is 5.92 Å². The molecule has 0 aliphatic carbocycles. The van der Waals surface area contributed by atoms with E-state index in [-0.39, 0.29) is 23.9 Å². The molecule has 26 heavy (non-hydrogen) atoms. The van der Waals surface area contributed by atoms with Crippen LogP contribution < -0.4 is 0 Å². The van der Waals surface area contributed by atoms with Gasteiger partial charge in [-0.1, -0.05) is 46.8 Å². The van der Waals surface area contributed by atoms with Crippen molar-refractivity contribution in [2.75, 3.05) is 13.7 Å². The lowest BCUT2D eigenvalue weighted by Crippen LogP contribution is -2.54. The highest BCUT2D eigenvalue weighted by atomic mass is 28.4. The third kappa shape index (κ3) is 6.14. The SMILES string of the molecule is CO[C@H](CO)[C@H](O[Si](C)(C)C(C)(C)C)[C@H]1OC(C)(C)O[C@@H]1/C=C/C(C)C. The Balaban J connectivity index is 3.22. The van der Waals surface area contributed by atoms with Crippen molar-refractivity contribution in [3.63, 3.8) is 0 Å². The fourth-order valence-electron chi connectivity index (χ4n) is 2.74. The van der Waals surface area contributed by atoms with E-state index in [2.05, 4.69) is 59.9 Å². The van der Waals surface area contributed by atoms with Crippen molar-refractivity contribution in [3.05, 3.63) is 12.2 Å². The molecule has 5 nitrogen and oxygen atoms in total. The highest BCUT2D eigenvalue weighted by molar-refractivity contribution is 6.74. The molecule has 1 N–H and O–H groups in total. The fourth-order valence-corrected chi connectivity index (χ4v) is 4.06. The number of hydrogen-bond donors (Lipinski definition) is 1. The fraction of sp³-hybridized carbons (Fsp3) is 0.900. The minimum absolute atomic E-state index is 0.0389. The quantitative estimate of drug-likeness (QED) is 0.501. The van der Waals surface area contributed by atoms with Crippen LogP contribution in [0.25, 0.3) is 0 Å². The van der Waals surface area contributed by atoms with Crippen LogP contribution >= 0.6 is 0 Å². The lowest BCUT2D eigenvalue weighted by Gasteiger charge is -2.42. The molecule has 1 aliphatic rings. The van der Waals surface area contributed by atoms with E-state index >= 15 is 0 Å². The maximum absolute atomic E-state index is 9.89. The number of rotatable bonds is 8. The normalized spacial score (nSPS) is 26.6. The number of ether oxygens (including phenoxy) is 3. The molecule has 1 fully saturated rings. The van der Waals surface area contributed by atoms with E-state index in [1.807, 2.05) is 13.8 Å². The van der Waals surface area contributed by atoms with Gasteiger partial charge >= 0.3 is 0 Å². The Morgan fingerprint density at radius 3 is 2.19 bits per heavy atom. The van der Waals surface area contributed by atoms with Crippen LogP contribution in [0, 0.1) is 5.92 Å². The Morgan fingerprint density at radius 1 is 1.19 bits per heavy atom. The molecular weight excluding hydrogens is 348 g/mol. The van der Waals surface area contributed by atoms with Crippen molar-refractivity contribution >= 4 is 8.32 Å². The van der Waals surface area contributed by atoms with Crippen molar-refractivity contribution in [1.29, 1.82) is 0 Å². The Bertz CT molecular complexity index is 463. The third-order valence-corrected chi connectivity index (χ3v) is 9.73. The molecule has 0 aromatic carbocycles. The average molecular weight is 389 g/mol. The van der Waals surface area contributed by atoms with E-state index in [1.54, 1.807) is 7.11 Å². The molecule has 0 unspecified atom stereocenters. The van der Waals surface area contributed by atoms with Crippen molar-refractivity contribution in [3.8, 4) is 0 Å². The van der Waals surface area contributed by atoms with Gasteiger partial charge in [-0.25, -0.2) is 0 Å². The zero-order valence-corrected chi connectivity index (χ0v) is 19.3. The van der Waals surface area contributed by atoms with Gasteiger partial charge in [0.05, 0.1) is 6.61 Å². The van der Waals surface area contributed by atoms with E-state index in [0.717, 1.165) is 0 Å². The van der Waals surface area contributed by atoms with Gasteiger partial charge < -0.3 is 23.7 Å². The van der Waals surface area contributed by atoms with E-state index in [0.29, 0.717) is 5.92 Å². The molecule has 0 saturated carbocycles. The Kier molecular flexibility index (Phi) is 8.09. The Labute approximate surface area is 161 Å². The molecule has 0 radical (unpaired) electrons. The minimum atomic E-state index is -2.10. The van der Waals surface area contributed by atoms with Gasteiger partial charge in [0.15, 0.2) is 14.1 Å². The van der Waals surface area contributed by atoms with Crippen LogP contribution in [-0.2, 0) is 18.6 Å². The summed E-state index contributed by atoms with van der Waals surface area (Å²) in [6.07, 6.45) is 2.71. The second-order valence-electron chi connectivity index (χ2n) is 9.49. The largest absolute Gasteiger partial charge is 0.408 e. The number of aliphatic hydroxyl groups is 1. The zero-order chi connectivity index (χ0) is 20.3. The van der Waals surface area contributed by atoms with Gasteiger partial charge in [0.2, 0.25) is 0 Å². The number of aliphatic hydroxyl groups excluding tert-OH is 1. The molecule has 0 aromatic heterocycles. The lowest BCUT2D eigenvalue weighted by atomic mass is 10.0.